The van der Waals surface area contributed by atoms with Gasteiger partial charge in [0.2, 0.25) is 5.91 Å². The van der Waals surface area contributed by atoms with Gasteiger partial charge in [0.05, 0.1) is 6.04 Å². The van der Waals surface area contributed by atoms with Gasteiger partial charge in [0.15, 0.2) is 0 Å². The van der Waals surface area contributed by atoms with E-state index in [1.54, 1.807) is 0 Å². The molecule has 2 saturated heterocycles. The summed E-state index contributed by atoms with van der Waals surface area (Å²) in [6, 6.07) is 9.10. The lowest BCUT2D eigenvalue weighted by Crippen LogP contribution is -2.47. The topological polar surface area (TPSA) is 41.6 Å². The molecule has 0 bridgehead atoms. The number of benzene rings is 1. The molecule has 4 nitrogen and oxygen atoms in total. The first-order valence-electron chi connectivity index (χ1n) is 12.1. The predicted molar refractivity (Wildman–Crippen MR) is 122 cm³/mol. The fourth-order valence-corrected chi connectivity index (χ4v) is 5.61. The van der Waals surface area contributed by atoms with Gasteiger partial charge in [0, 0.05) is 19.1 Å². The molecule has 0 unspecified atom stereocenters. The Morgan fingerprint density at radius 3 is 2.50 bits per heavy atom. The molecular formula is C26H40N2O2. The monoisotopic (exact) mass is 412 g/mol. The van der Waals surface area contributed by atoms with Crippen LogP contribution >= 0.6 is 0 Å². The van der Waals surface area contributed by atoms with Crippen LogP contribution in [0.1, 0.15) is 82.9 Å². The Kier molecular flexibility index (Phi) is 6.55. The van der Waals surface area contributed by atoms with Gasteiger partial charge >= 0.3 is 0 Å². The van der Waals surface area contributed by atoms with Gasteiger partial charge < -0.3 is 15.0 Å². The molecule has 1 aromatic rings. The number of fused-ring (bicyclic) bond motifs is 2. The van der Waals surface area contributed by atoms with Gasteiger partial charge in [-0.1, -0.05) is 45.0 Å². The Labute approximate surface area is 182 Å². The molecule has 2 heterocycles. The van der Waals surface area contributed by atoms with Crippen LogP contribution in [0.4, 0.5) is 0 Å². The van der Waals surface area contributed by atoms with Crippen LogP contribution in [0.15, 0.2) is 24.3 Å². The van der Waals surface area contributed by atoms with Crippen LogP contribution in [0.2, 0.25) is 0 Å². The zero-order chi connectivity index (χ0) is 21.2. The average Bonchev–Trinajstić information content (AvgIpc) is 2.76. The van der Waals surface area contributed by atoms with Gasteiger partial charge in [-0.3, -0.25) is 4.79 Å². The number of likely N-dealkylation sites (tertiary alicyclic amines) is 1. The number of rotatable bonds is 4. The van der Waals surface area contributed by atoms with Crippen molar-refractivity contribution in [1.82, 2.24) is 10.2 Å². The summed E-state index contributed by atoms with van der Waals surface area (Å²) in [5.74, 6) is 0.346. The number of piperidine rings is 1. The maximum absolute atomic E-state index is 12.9. The maximum Gasteiger partial charge on any atom is 0.223 e. The van der Waals surface area contributed by atoms with Crippen molar-refractivity contribution in [3.05, 3.63) is 35.4 Å². The number of nitrogens with zero attached hydrogens (tertiary/aromatic N) is 1. The van der Waals surface area contributed by atoms with Gasteiger partial charge in [-0.2, -0.15) is 0 Å². The van der Waals surface area contributed by atoms with E-state index in [0.29, 0.717) is 24.0 Å². The summed E-state index contributed by atoms with van der Waals surface area (Å²) in [5.41, 5.74) is 3.58. The van der Waals surface area contributed by atoms with Crippen molar-refractivity contribution in [2.75, 3.05) is 32.8 Å². The standard InChI is InChI=1S/C26H40N2O2/c1-25(2,3)12-15-28-16-13-26(14-17-28)11-8-23(21-6-4-5-7-22(21)26)27-24(29)20-9-18-30-19-10-20/h4-7,20,23H,8-19H2,1-3H3,(H,27,29)/t23-/m0/s1. The molecule has 0 radical (unpaired) electrons. The van der Waals surface area contributed by atoms with Crippen LogP contribution in [0.5, 0.6) is 0 Å². The van der Waals surface area contributed by atoms with Crippen molar-refractivity contribution >= 4 is 5.91 Å². The second kappa shape index (κ2) is 9.00. The molecule has 0 aromatic heterocycles. The van der Waals surface area contributed by atoms with Crippen LogP contribution < -0.4 is 5.32 Å². The normalized spacial score (nSPS) is 25.1. The molecule has 1 aromatic carbocycles. The quantitative estimate of drug-likeness (QED) is 0.770. The molecule has 1 N–H and O–H groups in total. The van der Waals surface area contributed by atoms with E-state index in [2.05, 4.69) is 55.3 Å². The van der Waals surface area contributed by atoms with Crippen molar-refractivity contribution in [1.29, 1.82) is 0 Å². The van der Waals surface area contributed by atoms with Gasteiger partial charge in [-0.05, 0) is 86.5 Å². The number of amides is 1. The van der Waals surface area contributed by atoms with Crippen molar-refractivity contribution in [3.8, 4) is 0 Å². The van der Waals surface area contributed by atoms with Crippen molar-refractivity contribution in [2.24, 2.45) is 11.3 Å². The molecule has 4 heteroatoms. The summed E-state index contributed by atoms with van der Waals surface area (Å²) in [6.45, 7) is 12.1. The first-order chi connectivity index (χ1) is 14.4. The van der Waals surface area contributed by atoms with E-state index < -0.39 is 0 Å². The molecule has 4 rings (SSSR count). The minimum absolute atomic E-state index is 0.118. The third kappa shape index (κ3) is 4.91. The molecule has 166 valence electrons. The molecule has 1 atom stereocenters. The predicted octanol–water partition coefficient (Wildman–Crippen LogP) is 4.83. The van der Waals surface area contributed by atoms with Gasteiger partial charge in [-0.25, -0.2) is 0 Å². The summed E-state index contributed by atoms with van der Waals surface area (Å²) >= 11 is 0. The zero-order valence-electron chi connectivity index (χ0n) is 19.2. The molecule has 1 amide bonds. The van der Waals surface area contributed by atoms with Crippen LogP contribution in [0.25, 0.3) is 0 Å². The maximum atomic E-state index is 12.9. The molecule has 0 saturated carbocycles. The lowest BCUT2D eigenvalue weighted by molar-refractivity contribution is -0.128. The Morgan fingerprint density at radius 2 is 1.80 bits per heavy atom. The number of ether oxygens (including phenoxy) is 1. The number of carbonyl (C=O) groups excluding carboxylic acids is 1. The van der Waals surface area contributed by atoms with E-state index in [1.165, 1.54) is 56.4 Å². The van der Waals surface area contributed by atoms with Crippen LogP contribution in [0.3, 0.4) is 0 Å². The van der Waals surface area contributed by atoms with Crippen LogP contribution in [-0.4, -0.2) is 43.7 Å². The van der Waals surface area contributed by atoms with Gasteiger partial charge in [0.25, 0.3) is 0 Å². The summed E-state index contributed by atoms with van der Waals surface area (Å²) in [5, 5.41) is 3.41. The van der Waals surface area contributed by atoms with E-state index in [-0.39, 0.29) is 17.9 Å². The fraction of sp³-hybridized carbons (Fsp3) is 0.731. The summed E-state index contributed by atoms with van der Waals surface area (Å²) in [4.78, 5) is 15.5. The van der Waals surface area contributed by atoms with Crippen molar-refractivity contribution in [2.45, 2.75) is 77.2 Å². The lowest BCUT2D eigenvalue weighted by atomic mass is 9.63. The molecule has 1 aliphatic carbocycles. The summed E-state index contributed by atoms with van der Waals surface area (Å²) in [6.07, 6.45) is 7.72. The third-order valence-corrected chi connectivity index (χ3v) is 7.72. The van der Waals surface area contributed by atoms with Crippen molar-refractivity contribution in [3.63, 3.8) is 0 Å². The number of carbonyl (C=O) groups is 1. The van der Waals surface area contributed by atoms with Gasteiger partial charge in [0.1, 0.15) is 0 Å². The highest BCUT2D eigenvalue weighted by Crippen LogP contribution is 2.48. The average molecular weight is 413 g/mol. The summed E-state index contributed by atoms with van der Waals surface area (Å²) in [7, 11) is 0. The van der Waals surface area contributed by atoms with E-state index >= 15 is 0 Å². The van der Waals surface area contributed by atoms with E-state index in [0.717, 1.165) is 19.3 Å². The van der Waals surface area contributed by atoms with E-state index in [9.17, 15) is 4.79 Å². The lowest BCUT2D eigenvalue weighted by Gasteiger charge is -2.47. The molecule has 3 aliphatic rings. The highest BCUT2D eigenvalue weighted by atomic mass is 16.5. The largest absolute Gasteiger partial charge is 0.381 e. The number of nitrogens with one attached hydrogen (secondary N) is 1. The highest BCUT2D eigenvalue weighted by molar-refractivity contribution is 5.79. The molecular weight excluding hydrogens is 372 g/mol. The smallest absolute Gasteiger partial charge is 0.223 e. The van der Waals surface area contributed by atoms with E-state index in [1.807, 2.05) is 0 Å². The zero-order valence-corrected chi connectivity index (χ0v) is 19.2. The Hall–Kier alpha value is -1.39. The Morgan fingerprint density at radius 1 is 1.10 bits per heavy atom. The molecule has 1 spiro atoms. The first-order valence-corrected chi connectivity index (χ1v) is 12.1. The second-order valence-corrected chi connectivity index (χ2v) is 11.0. The summed E-state index contributed by atoms with van der Waals surface area (Å²) < 4.78 is 5.43. The minimum atomic E-state index is 0.118. The van der Waals surface area contributed by atoms with E-state index in [4.69, 9.17) is 4.74 Å². The second-order valence-electron chi connectivity index (χ2n) is 11.0. The number of hydrogen-bond acceptors (Lipinski definition) is 3. The van der Waals surface area contributed by atoms with Crippen LogP contribution in [0, 0.1) is 11.3 Å². The van der Waals surface area contributed by atoms with Crippen molar-refractivity contribution < 1.29 is 9.53 Å². The molecule has 2 fully saturated rings. The SMILES string of the molecule is CC(C)(C)CCN1CCC2(CC[C@H](NC(=O)C3CCOCC3)c3ccccc32)CC1. The Bertz CT molecular complexity index is 725. The molecule has 30 heavy (non-hydrogen) atoms. The fourth-order valence-electron chi connectivity index (χ4n) is 5.61. The first kappa shape index (κ1) is 21.8. The third-order valence-electron chi connectivity index (χ3n) is 7.72. The van der Waals surface area contributed by atoms with Gasteiger partial charge in [-0.15, -0.1) is 0 Å². The Balaban J connectivity index is 1.43. The number of hydrogen-bond donors (Lipinski definition) is 1. The highest BCUT2D eigenvalue weighted by Gasteiger charge is 2.42. The molecule has 2 aliphatic heterocycles. The minimum Gasteiger partial charge on any atom is -0.381 e. The van der Waals surface area contributed by atoms with Crippen LogP contribution in [-0.2, 0) is 14.9 Å².